The highest BCUT2D eigenvalue weighted by molar-refractivity contribution is 6.31. The third-order valence-electron chi connectivity index (χ3n) is 3.06. The lowest BCUT2D eigenvalue weighted by atomic mass is 10.2. The van der Waals surface area contributed by atoms with E-state index in [9.17, 15) is 9.59 Å². The van der Waals surface area contributed by atoms with Crippen molar-refractivity contribution >= 4 is 34.8 Å². The van der Waals surface area contributed by atoms with Crippen LogP contribution in [0.15, 0.2) is 30.5 Å². The minimum absolute atomic E-state index is 0.220. The van der Waals surface area contributed by atoms with Crippen molar-refractivity contribution in [2.24, 2.45) is 0 Å². The van der Waals surface area contributed by atoms with E-state index in [4.69, 9.17) is 16.3 Å². The summed E-state index contributed by atoms with van der Waals surface area (Å²) in [6, 6.07) is 6.57. The van der Waals surface area contributed by atoms with Crippen LogP contribution in [0.4, 0.5) is 11.4 Å². The maximum Gasteiger partial charge on any atom is 0.272 e. The van der Waals surface area contributed by atoms with Crippen LogP contribution in [0.2, 0.25) is 5.02 Å². The number of fused-ring (bicyclic) bond motifs is 1. The normalized spacial score (nSPS) is 16.7. The highest BCUT2D eigenvalue weighted by Gasteiger charge is 2.23. The van der Waals surface area contributed by atoms with Crippen LogP contribution in [-0.2, 0) is 4.79 Å². The zero-order valence-electron chi connectivity index (χ0n) is 11.1. The lowest BCUT2D eigenvalue weighted by molar-refractivity contribution is -0.122. The van der Waals surface area contributed by atoms with Crippen molar-refractivity contribution in [2.45, 2.75) is 13.0 Å². The monoisotopic (exact) mass is 305 g/mol. The van der Waals surface area contributed by atoms with Crippen molar-refractivity contribution in [1.82, 2.24) is 4.98 Å². The van der Waals surface area contributed by atoms with Crippen LogP contribution < -0.4 is 15.4 Å². The topological polar surface area (TPSA) is 83.2 Å². The predicted octanol–water partition coefficient (Wildman–Crippen LogP) is 2.64. The largest absolute Gasteiger partial charge is 0.479 e. The van der Waals surface area contributed by atoms with Gasteiger partial charge in [-0.3, -0.25) is 9.59 Å². The lowest BCUT2D eigenvalue weighted by Gasteiger charge is -2.23. The summed E-state index contributed by atoms with van der Waals surface area (Å²) in [7, 11) is 0. The Morgan fingerprint density at radius 1 is 1.38 bits per heavy atom. The summed E-state index contributed by atoms with van der Waals surface area (Å²) in [5.74, 6) is 0.0309. The minimum Gasteiger partial charge on any atom is -0.479 e. The highest BCUT2D eigenvalue weighted by atomic mass is 35.5. The molecule has 1 atom stereocenters. The molecule has 2 amide bonds. The van der Waals surface area contributed by atoms with Crippen molar-refractivity contribution in [1.29, 1.82) is 0 Å². The van der Waals surface area contributed by atoms with E-state index in [2.05, 4.69) is 15.6 Å². The highest BCUT2D eigenvalue weighted by Crippen LogP contribution is 2.32. The summed E-state index contributed by atoms with van der Waals surface area (Å²) in [5.41, 5.74) is 1.43. The van der Waals surface area contributed by atoms with E-state index in [1.54, 1.807) is 25.1 Å². The molecule has 2 heterocycles. The van der Waals surface area contributed by atoms with Gasteiger partial charge in [0.2, 0.25) is 0 Å². The first-order valence-electron chi connectivity index (χ1n) is 6.30. The second-order valence-corrected chi connectivity index (χ2v) is 5.08. The number of carbonyl (C=O) groups is 2. The Kier molecular flexibility index (Phi) is 3.31. The molecule has 0 radical (unpaired) electrons. The molecule has 7 heteroatoms. The van der Waals surface area contributed by atoms with E-state index in [0.29, 0.717) is 27.8 Å². The number of anilines is 2. The van der Waals surface area contributed by atoms with E-state index in [1.807, 2.05) is 0 Å². The van der Waals surface area contributed by atoms with Gasteiger partial charge in [0.05, 0.1) is 10.7 Å². The van der Waals surface area contributed by atoms with Crippen molar-refractivity contribution < 1.29 is 14.3 Å². The zero-order valence-corrected chi connectivity index (χ0v) is 11.8. The van der Waals surface area contributed by atoms with Crippen molar-refractivity contribution in [3.8, 4) is 5.75 Å². The van der Waals surface area contributed by atoms with E-state index >= 15 is 0 Å². The van der Waals surface area contributed by atoms with Gasteiger partial charge >= 0.3 is 0 Å². The Bertz CT molecular complexity index is 726. The van der Waals surface area contributed by atoms with Gasteiger partial charge in [0.1, 0.15) is 11.4 Å². The maximum atomic E-state index is 12.0. The number of ether oxygens (including phenoxy) is 1. The SMILES string of the molecule is C[C@@H]1Oc2ccc(NC(=O)c3cc(Cl)c[nH]3)cc2NC1=O. The number of hydrogen-bond acceptors (Lipinski definition) is 3. The van der Waals surface area contributed by atoms with Crippen molar-refractivity contribution in [3.05, 3.63) is 41.2 Å². The predicted molar refractivity (Wildman–Crippen MR) is 78.9 cm³/mol. The standard InChI is InChI=1S/C14H12ClN3O3/c1-7-13(19)18-10-5-9(2-3-12(10)21-7)17-14(20)11-4-8(15)6-16-11/h2-7,16H,1H3,(H,17,20)(H,18,19)/t7-/m0/s1. The summed E-state index contributed by atoms with van der Waals surface area (Å²) < 4.78 is 5.44. The van der Waals surface area contributed by atoms with E-state index < -0.39 is 6.10 Å². The molecule has 21 heavy (non-hydrogen) atoms. The fraction of sp³-hybridized carbons (Fsp3) is 0.143. The van der Waals surface area contributed by atoms with Crippen LogP contribution in [0.1, 0.15) is 17.4 Å². The molecule has 3 N–H and O–H groups in total. The molecule has 3 rings (SSSR count). The number of nitrogens with one attached hydrogen (secondary N) is 3. The van der Waals surface area contributed by atoms with E-state index in [-0.39, 0.29) is 11.8 Å². The first-order valence-corrected chi connectivity index (χ1v) is 6.67. The number of rotatable bonds is 2. The molecule has 1 aromatic heterocycles. The molecule has 108 valence electrons. The molecule has 1 aliphatic rings. The minimum atomic E-state index is -0.529. The Balaban J connectivity index is 1.80. The number of carbonyl (C=O) groups excluding carboxylic acids is 2. The Morgan fingerprint density at radius 3 is 2.90 bits per heavy atom. The average molecular weight is 306 g/mol. The molecule has 1 aliphatic heterocycles. The van der Waals surface area contributed by atoms with Crippen molar-refractivity contribution in [2.75, 3.05) is 10.6 Å². The second kappa shape index (κ2) is 5.14. The third kappa shape index (κ3) is 2.71. The Morgan fingerprint density at radius 2 is 2.19 bits per heavy atom. The molecule has 0 unspecified atom stereocenters. The number of H-pyrrole nitrogens is 1. The molecule has 6 nitrogen and oxygen atoms in total. The smallest absolute Gasteiger partial charge is 0.272 e. The number of benzene rings is 1. The lowest BCUT2D eigenvalue weighted by Crippen LogP contribution is -2.34. The molecule has 2 aromatic rings. The quantitative estimate of drug-likeness (QED) is 0.797. The number of amides is 2. The molecule has 0 aliphatic carbocycles. The van der Waals surface area contributed by atoms with Crippen LogP contribution in [0.25, 0.3) is 0 Å². The molecular formula is C14H12ClN3O3. The average Bonchev–Trinajstić information content (AvgIpc) is 2.87. The van der Waals surface area contributed by atoms with Gasteiger partial charge in [0.25, 0.3) is 11.8 Å². The van der Waals surface area contributed by atoms with Crippen LogP contribution in [-0.4, -0.2) is 22.9 Å². The molecule has 0 saturated carbocycles. The molecule has 0 spiro atoms. The van der Waals surface area contributed by atoms with Gasteiger partial charge in [-0.1, -0.05) is 11.6 Å². The summed E-state index contributed by atoms with van der Waals surface area (Å²) in [4.78, 5) is 26.3. The third-order valence-corrected chi connectivity index (χ3v) is 3.28. The van der Waals surface area contributed by atoms with Gasteiger partial charge in [-0.25, -0.2) is 0 Å². The fourth-order valence-electron chi connectivity index (χ4n) is 1.98. The Labute approximate surface area is 125 Å². The van der Waals surface area contributed by atoms with Crippen LogP contribution in [0, 0.1) is 0 Å². The summed E-state index contributed by atoms with van der Waals surface area (Å²) in [6.07, 6.45) is 0.998. The maximum absolute atomic E-state index is 12.0. The van der Waals surface area contributed by atoms with Crippen molar-refractivity contribution in [3.63, 3.8) is 0 Å². The van der Waals surface area contributed by atoms with Crippen LogP contribution in [0.5, 0.6) is 5.75 Å². The second-order valence-electron chi connectivity index (χ2n) is 4.65. The number of halogens is 1. The van der Waals surface area contributed by atoms with Gasteiger partial charge in [0.15, 0.2) is 6.10 Å². The van der Waals surface area contributed by atoms with Gasteiger partial charge in [-0.05, 0) is 31.2 Å². The fourth-order valence-corrected chi connectivity index (χ4v) is 2.15. The number of aromatic amines is 1. The van der Waals surface area contributed by atoms with Gasteiger partial charge in [0, 0.05) is 11.9 Å². The van der Waals surface area contributed by atoms with Crippen LogP contribution in [0.3, 0.4) is 0 Å². The summed E-state index contributed by atoms with van der Waals surface area (Å²) in [6.45, 7) is 1.67. The van der Waals surface area contributed by atoms with Gasteiger partial charge in [-0.15, -0.1) is 0 Å². The van der Waals surface area contributed by atoms with E-state index in [1.165, 1.54) is 12.3 Å². The molecule has 1 aromatic carbocycles. The molecular weight excluding hydrogens is 294 g/mol. The van der Waals surface area contributed by atoms with Gasteiger partial charge < -0.3 is 20.4 Å². The van der Waals surface area contributed by atoms with E-state index in [0.717, 1.165) is 0 Å². The molecule has 0 bridgehead atoms. The first kappa shape index (κ1) is 13.5. The van der Waals surface area contributed by atoms with Gasteiger partial charge in [-0.2, -0.15) is 0 Å². The van der Waals surface area contributed by atoms with Crippen LogP contribution >= 0.6 is 11.6 Å². The first-order chi connectivity index (χ1) is 10.0. The number of hydrogen-bond donors (Lipinski definition) is 3. The molecule has 0 fully saturated rings. The Hall–Kier alpha value is -2.47. The molecule has 0 saturated heterocycles. The number of aromatic nitrogens is 1. The summed E-state index contributed by atoms with van der Waals surface area (Å²) >= 11 is 5.76. The zero-order chi connectivity index (χ0) is 15.0. The summed E-state index contributed by atoms with van der Waals surface area (Å²) in [5, 5.41) is 5.89.